The van der Waals surface area contributed by atoms with Gasteiger partial charge in [0.1, 0.15) is 0 Å². The molecule has 2 aromatic rings. The topological polar surface area (TPSA) is 93.7 Å². The number of fused-ring (bicyclic) bond motifs is 1. The average molecular weight is 402 g/mol. The van der Waals surface area contributed by atoms with E-state index in [1.165, 1.54) is 25.7 Å². The molecule has 0 spiro atoms. The van der Waals surface area contributed by atoms with Crippen molar-refractivity contribution in [2.45, 2.75) is 69.5 Å². The highest BCUT2D eigenvalue weighted by molar-refractivity contribution is 5.86. The predicted octanol–water partition coefficient (Wildman–Crippen LogP) is 3.51. The zero-order valence-electron chi connectivity index (χ0n) is 15.1. The summed E-state index contributed by atoms with van der Waals surface area (Å²) in [6, 6.07) is 1.29. The number of anilines is 2. The molecule has 2 heterocycles. The van der Waals surface area contributed by atoms with Crippen molar-refractivity contribution in [1.82, 2.24) is 19.5 Å². The van der Waals surface area contributed by atoms with Crippen LogP contribution in [0.2, 0.25) is 0 Å². The fourth-order valence-corrected chi connectivity index (χ4v) is 4.05. The van der Waals surface area contributed by atoms with Crippen LogP contribution >= 0.6 is 24.8 Å². The van der Waals surface area contributed by atoms with Gasteiger partial charge in [-0.1, -0.05) is 12.8 Å². The molecule has 2 aromatic heterocycles. The lowest BCUT2D eigenvalue weighted by Gasteiger charge is -2.26. The Hall–Kier alpha value is -1.31. The molecule has 4 N–H and O–H groups in total. The van der Waals surface area contributed by atoms with Crippen LogP contribution in [0.15, 0.2) is 6.33 Å². The van der Waals surface area contributed by atoms with E-state index in [9.17, 15) is 0 Å². The van der Waals surface area contributed by atoms with Gasteiger partial charge in [-0.2, -0.15) is 9.97 Å². The molecule has 2 saturated carbocycles. The normalized spacial score (nSPS) is 23.3. The summed E-state index contributed by atoms with van der Waals surface area (Å²) in [5.41, 5.74) is 7.81. The molecule has 7 nitrogen and oxygen atoms in total. The lowest BCUT2D eigenvalue weighted by Crippen LogP contribution is -2.33. The quantitative estimate of drug-likeness (QED) is 0.725. The summed E-state index contributed by atoms with van der Waals surface area (Å²) >= 11 is 0. The number of imidazole rings is 1. The zero-order valence-corrected chi connectivity index (χ0v) is 16.8. The third-order valence-electron chi connectivity index (χ3n) is 5.48. The number of nitrogens with zero attached hydrogens (tertiary/aromatic N) is 4. The Balaban J connectivity index is 0.00000121. The Labute approximate surface area is 166 Å². The van der Waals surface area contributed by atoms with Crippen molar-refractivity contribution < 1.29 is 0 Å². The third-order valence-corrected chi connectivity index (χ3v) is 5.48. The van der Waals surface area contributed by atoms with Crippen molar-refractivity contribution in [1.29, 1.82) is 0 Å². The fourth-order valence-electron chi connectivity index (χ4n) is 4.05. The van der Waals surface area contributed by atoms with Crippen LogP contribution in [0.1, 0.15) is 57.4 Å². The van der Waals surface area contributed by atoms with E-state index in [1.807, 2.05) is 13.4 Å². The van der Waals surface area contributed by atoms with Crippen molar-refractivity contribution in [3.05, 3.63) is 6.33 Å². The summed E-state index contributed by atoms with van der Waals surface area (Å²) in [6.45, 7) is 0. The summed E-state index contributed by atoms with van der Waals surface area (Å²) in [5.74, 6) is 1.50. The Morgan fingerprint density at radius 1 is 1.04 bits per heavy atom. The first-order valence-electron chi connectivity index (χ1n) is 9.19. The van der Waals surface area contributed by atoms with Crippen molar-refractivity contribution in [3.8, 4) is 0 Å². The second-order valence-electron chi connectivity index (χ2n) is 7.16. The largest absolute Gasteiger partial charge is 0.371 e. The molecule has 2 aliphatic carbocycles. The maximum absolute atomic E-state index is 6.01. The standard InChI is InChI=1S/C17H27N7.2ClH/c1-19-15-14-16(24(10-20-14)13-4-2-3-5-13)23-17(22-15)21-12-8-6-11(18)7-9-12;;/h10-13H,2-9,18H2,1H3,(H2,19,21,22,23);2*1H. The van der Waals surface area contributed by atoms with E-state index >= 15 is 0 Å². The average Bonchev–Trinajstić information content (AvgIpc) is 3.25. The van der Waals surface area contributed by atoms with E-state index in [0.717, 1.165) is 42.7 Å². The molecule has 4 rings (SSSR count). The SMILES string of the molecule is CNc1nc(NC2CCC(N)CC2)nc2c1ncn2C1CCCC1.Cl.Cl. The molecule has 9 heteroatoms. The van der Waals surface area contributed by atoms with Crippen molar-refractivity contribution >= 4 is 47.7 Å². The zero-order chi connectivity index (χ0) is 16.5. The first-order chi connectivity index (χ1) is 11.7. The Morgan fingerprint density at radius 3 is 2.38 bits per heavy atom. The van der Waals surface area contributed by atoms with E-state index in [-0.39, 0.29) is 24.8 Å². The van der Waals surface area contributed by atoms with Gasteiger partial charge in [0, 0.05) is 25.2 Å². The molecule has 26 heavy (non-hydrogen) atoms. The first kappa shape index (κ1) is 21.0. The Morgan fingerprint density at radius 2 is 1.73 bits per heavy atom. The maximum Gasteiger partial charge on any atom is 0.227 e. The molecule has 0 saturated heterocycles. The number of hydrogen-bond donors (Lipinski definition) is 3. The molecule has 0 amide bonds. The molecule has 0 unspecified atom stereocenters. The number of halogens is 2. The third kappa shape index (κ3) is 4.15. The van der Waals surface area contributed by atoms with Gasteiger partial charge in [-0.15, -0.1) is 24.8 Å². The summed E-state index contributed by atoms with van der Waals surface area (Å²) < 4.78 is 2.24. The second kappa shape index (κ2) is 9.06. The lowest BCUT2D eigenvalue weighted by atomic mass is 9.92. The molecule has 0 aromatic carbocycles. The maximum atomic E-state index is 6.01. The first-order valence-corrected chi connectivity index (χ1v) is 9.19. The highest BCUT2D eigenvalue weighted by Gasteiger charge is 2.23. The van der Waals surface area contributed by atoms with Crippen molar-refractivity contribution in [3.63, 3.8) is 0 Å². The van der Waals surface area contributed by atoms with Gasteiger partial charge in [0.25, 0.3) is 0 Å². The monoisotopic (exact) mass is 401 g/mol. The number of hydrogen-bond acceptors (Lipinski definition) is 6. The minimum Gasteiger partial charge on any atom is -0.371 e. The van der Waals surface area contributed by atoms with Crippen LogP contribution in [0.4, 0.5) is 11.8 Å². The highest BCUT2D eigenvalue weighted by Crippen LogP contribution is 2.33. The van der Waals surface area contributed by atoms with Crippen LogP contribution in [0.25, 0.3) is 11.2 Å². The van der Waals surface area contributed by atoms with Crippen LogP contribution in [-0.4, -0.2) is 38.7 Å². The van der Waals surface area contributed by atoms with E-state index in [2.05, 4.69) is 25.2 Å². The van der Waals surface area contributed by atoms with Crippen LogP contribution < -0.4 is 16.4 Å². The van der Waals surface area contributed by atoms with Crippen molar-refractivity contribution in [2.75, 3.05) is 17.7 Å². The van der Waals surface area contributed by atoms with E-state index in [0.29, 0.717) is 24.1 Å². The minimum absolute atomic E-state index is 0. The van der Waals surface area contributed by atoms with Gasteiger partial charge in [0.15, 0.2) is 17.0 Å². The Bertz CT molecular complexity index is 706. The summed E-state index contributed by atoms with van der Waals surface area (Å²) in [4.78, 5) is 14.0. The minimum atomic E-state index is 0. The van der Waals surface area contributed by atoms with Crippen LogP contribution in [-0.2, 0) is 0 Å². The summed E-state index contributed by atoms with van der Waals surface area (Å²) in [7, 11) is 1.89. The van der Waals surface area contributed by atoms with Crippen LogP contribution in [0, 0.1) is 0 Å². The molecule has 0 atom stereocenters. The van der Waals surface area contributed by atoms with E-state index in [1.54, 1.807) is 0 Å². The highest BCUT2D eigenvalue weighted by atomic mass is 35.5. The number of aromatic nitrogens is 4. The van der Waals surface area contributed by atoms with Gasteiger partial charge in [-0.25, -0.2) is 4.98 Å². The summed E-state index contributed by atoms with van der Waals surface area (Å²) in [5, 5.41) is 6.69. The smallest absolute Gasteiger partial charge is 0.227 e. The summed E-state index contributed by atoms with van der Waals surface area (Å²) in [6.07, 6.45) is 11.3. The molecular weight excluding hydrogens is 373 g/mol. The van der Waals surface area contributed by atoms with Gasteiger partial charge >= 0.3 is 0 Å². The van der Waals surface area contributed by atoms with E-state index in [4.69, 9.17) is 10.7 Å². The Kier molecular flexibility index (Phi) is 7.32. The van der Waals surface area contributed by atoms with E-state index < -0.39 is 0 Å². The van der Waals surface area contributed by atoms with Gasteiger partial charge in [-0.05, 0) is 38.5 Å². The fraction of sp³-hybridized carbons (Fsp3) is 0.706. The molecular formula is C17H29Cl2N7. The van der Waals surface area contributed by atoms with Gasteiger partial charge in [0.05, 0.1) is 6.33 Å². The lowest BCUT2D eigenvalue weighted by molar-refractivity contribution is 0.410. The molecule has 146 valence electrons. The molecule has 0 radical (unpaired) electrons. The molecule has 0 bridgehead atoms. The molecule has 2 fully saturated rings. The van der Waals surface area contributed by atoms with Gasteiger partial charge in [-0.3, -0.25) is 0 Å². The van der Waals surface area contributed by atoms with Gasteiger partial charge in [0.2, 0.25) is 5.95 Å². The second-order valence-corrected chi connectivity index (χ2v) is 7.16. The number of nitrogens with two attached hydrogens (primary N) is 1. The van der Waals surface area contributed by atoms with Crippen LogP contribution in [0.3, 0.4) is 0 Å². The van der Waals surface area contributed by atoms with Crippen LogP contribution in [0.5, 0.6) is 0 Å². The predicted molar refractivity (Wildman–Crippen MR) is 111 cm³/mol. The molecule has 0 aliphatic heterocycles. The number of nitrogens with one attached hydrogen (secondary N) is 2. The van der Waals surface area contributed by atoms with Crippen molar-refractivity contribution in [2.24, 2.45) is 5.73 Å². The molecule has 2 aliphatic rings. The van der Waals surface area contributed by atoms with Gasteiger partial charge < -0.3 is 20.9 Å². The number of rotatable bonds is 4.